The van der Waals surface area contributed by atoms with Crippen LogP contribution in [0.5, 0.6) is 0 Å². The molecular formula is C15H20N2O2. The monoisotopic (exact) mass is 260 g/mol. The smallest absolute Gasteiger partial charge is 0.251 e. The van der Waals surface area contributed by atoms with Crippen LogP contribution in [0.15, 0.2) is 24.3 Å². The fraction of sp³-hybridized carbons (Fsp3) is 0.467. The van der Waals surface area contributed by atoms with Crippen LogP contribution in [-0.2, 0) is 0 Å². The molecule has 2 N–H and O–H groups in total. The normalized spacial score (nSPS) is 13.7. The van der Waals surface area contributed by atoms with E-state index in [0.29, 0.717) is 23.5 Å². The van der Waals surface area contributed by atoms with Crippen molar-refractivity contribution in [2.45, 2.75) is 32.8 Å². The highest BCUT2D eigenvalue weighted by molar-refractivity contribution is 5.94. The molecule has 4 heteroatoms. The van der Waals surface area contributed by atoms with Crippen molar-refractivity contribution >= 4 is 5.91 Å². The Morgan fingerprint density at radius 1 is 1.42 bits per heavy atom. The highest BCUT2D eigenvalue weighted by Crippen LogP contribution is 2.15. The summed E-state index contributed by atoms with van der Waals surface area (Å²) in [6.45, 7) is 5.98. The van der Waals surface area contributed by atoms with Crippen LogP contribution in [-0.4, -0.2) is 23.2 Å². The summed E-state index contributed by atoms with van der Waals surface area (Å²) >= 11 is 0. The second-order valence-electron chi connectivity index (χ2n) is 5.47. The van der Waals surface area contributed by atoms with Crippen molar-refractivity contribution in [2.75, 3.05) is 6.54 Å². The Morgan fingerprint density at radius 2 is 2.00 bits per heavy atom. The number of amides is 1. The van der Waals surface area contributed by atoms with Gasteiger partial charge in [-0.2, -0.15) is 5.26 Å². The van der Waals surface area contributed by atoms with E-state index in [-0.39, 0.29) is 12.5 Å². The molecule has 1 aromatic rings. The standard InChI is InChI=1S/C15H20N2O2/c1-11(2)8-15(3,19)10-17-14(18)13-6-4-12(9-16)5-7-13/h4-7,11,19H,8,10H2,1-3H3,(H,17,18). The van der Waals surface area contributed by atoms with Gasteiger partial charge >= 0.3 is 0 Å². The van der Waals surface area contributed by atoms with E-state index in [0.717, 1.165) is 0 Å². The number of benzene rings is 1. The van der Waals surface area contributed by atoms with Gasteiger partial charge in [0.25, 0.3) is 5.91 Å². The second-order valence-corrected chi connectivity index (χ2v) is 5.47. The molecule has 0 aliphatic heterocycles. The highest BCUT2D eigenvalue weighted by atomic mass is 16.3. The lowest BCUT2D eigenvalue weighted by Crippen LogP contribution is -2.41. The minimum absolute atomic E-state index is 0.212. The molecule has 102 valence electrons. The summed E-state index contributed by atoms with van der Waals surface area (Å²) in [4.78, 5) is 11.9. The molecule has 0 saturated carbocycles. The molecule has 1 atom stereocenters. The summed E-state index contributed by atoms with van der Waals surface area (Å²) in [7, 11) is 0. The third-order valence-electron chi connectivity index (χ3n) is 2.75. The van der Waals surface area contributed by atoms with Gasteiger partial charge in [-0.05, 0) is 43.5 Å². The Bertz CT molecular complexity index is 470. The predicted molar refractivity (Wildman–Crippen MR) is 73.6 cm³/mol. The Morgan fingerprint density at radius 3 is 2.47 bits per heavy atom. The number of rotatable bonds is 5. The number of hydrogen-bond acceptors (Lipinski definition) is 3. The number of carbonyl (C=O) groups is 1. The lowest BCUT2D eigenvalue weighted by atomic mass is 9.94. The Balaban J connectivity index is 2.58. The zero-order valence-corrected chi connectivity index (χ0v) is 11.6. The SMILES string of the molecule is CC(C)CC(C)(O)CNC(=O)c1ccc(C#N)cc1. The average molecular weight is 260 g/mol. The Hall–Kier alpha value is -1.86. The van der Waals surface area contributed by atoms with Crippen molar-refractivity contribution in [2.24, 2.45) is 5.92 Å². The van der Waals surface area contributed by atoms with Crippen LogP contribution in [0.1, 0.15) is 43.1 Å². The molecular weight excluding hydrogens is 240 g/mol. The molecule has 0 aliphatic rings. The largest absolute Gasteiger partial charge is 0.388 e. The predicted octanol–water partition coefficient (Wildman–Crippen LogP) is 2.09. The minimum atomic E-state index is -0.906. The number of nitriles is 1. The van der Waals surface area contributed by atoms with E-state index < -0.39 is 5.60 Å². The van der Waals surface area contributed by atoms with Crippen LogP contribution >= 0.6 is 0 Å². The quantitative estimate of drug-likeness (QED) is 0.851. The van der Waals surface area contributed by atoms with Crippen LogP contribution in [0.3, 0.4) is 0 Å². The van der Waals surface area contributed by atoms with Crippen LogP contribution < -0.4 is 5.32 Å². The first kappa shape index (κ1) is 15.2. The molecule has 19 heavy (non-hydrogen) atoms. The first-order valence-electron chi connectivity index (χ1n) is 6.35. The maximum Gasteiger partial charge on any atom is 0.251 e. The molecule has 0 spiro atoms. The minimum Gasteiger partial charge on any atom is -0.388 e. The summed E-state index contributed by atoms with van der Waals surface area (Å²) in [5, 5.41) is 21.5. The molecule has 4 nitrogen and oxygen atoms in total. The molecule has 0 bridgehead atoms. The number of hydrogen-bond donors (Lipinski definition) is 2. The lowest BCUT2D eigenvalue weighted by molar-refractivity contribution is 0.0368. The summed E-state index contributed by atoms with van der Waals surface area (Å²) < 4.78 is 0. The number of nitrogens with one attached hydrogen (secondary N) is 1. The molecule has 0 saturated heterocycles. The van der Waals surface area contributed by atoms with Crippen molar-refractivity contribution in [3.63, 3.8) is 0 Å². The molecule has 1 rings (SSSR count). The molecule has 0 radical (unpaired) electrons. The van der Waals surface area contributed by atoms with Gasteiger partial charge in [0.2, 0.25) is 0 Å². The van der Waals surface area contributed by atoms with Gasteiger partial charge in [-0.15, -0.1) is 0 Å². The Labute approximate surface area is 114 Å². The molecule has 1 aromatic carbocycles. The van der Waals surface area contributed by atoms with Gasteiger partial charge in [0, 0.05) is 12.1 Å². The summed E-state index contributed by atoms with van der Waals surface area (Å²) in [6, 6.07) is 8.40. The topological polar surface area (TPSA) is 73.1 Å². The van der Waals surface area contributed by atoms with Crippen molar-refractivity contribution in [3.05, 3.63) is 35.4 Å². The van der Waals surface area contributed by atoms with Gasteiger partial charge < -0.3 is 10.4 Å². The first-order chi connectivity index (χ1) is 8.84. The van der Waals surface area contributed by atoms with E-state index in [9.17, 15) is 9.90 Å². The average Bonchev–Trinajstić information content (AvgIpc) is 2.34. The van der Waals surface area contributed by atoms with Gasteiger partial charge in [-0.1, -0.05) is 13.8 Å². The van der Waals surface area contributed by atoms with E-state index in [1.807, 2.05) is 19.9 Å². The molecule has 0 aromatic heterocycles. The van der Waals surface area contributed by atoms with Gasteiger partial charge in [0.05, 0.1) is 17.2 Å². The van der Waals surface area contributed by atoms with Crippen LogP contribution in [0.2, 0.25) is 0 Å². The summed E-state index contributed by atoms with van der Waals surface area (Å²) in [5.74, 6) is 0.121. The fourth-order valence-electron chi connectivity index (χ4n) is 2.02. The third kappa shape index (κ3) is 5.11. The van der Waals surface area contributed by atoms with E-state index in [1.165, 1.54) is 0 Å². The van der Waals surface area contributed by atoms with Crippen molar-refractivity contribution in [1.29, 1.82) is 5.26 Å². The maximum atomic E-state index is 11.9. The third-order valence-corrected chi connectivity index (χ3v) is 2.75. The van der Waals surface area contributed by atoms with Gasteiger partial charge in [0.15, 0.2) is 0 Å². The number of aliphatic hydroxyl groups is 1. The molecule has 1 amide bonds. The molecule has 1 unspecified atom stereocenters. The number of nitrogens with zero attached hydrogens (tertiary/aromatic N) is 1. The molecule has 0 heterocycles. The maximum absolute atomic E-state index is 11.9. The zero-order chi connectivity index (χ0) is 14.5. The van der Waals surface area contributed by atoms with Gasteiger partial charge in [-0.3, -0.25) is 4.79 Å². The van der Waals surface area contributed by atoms with Crippen molar-refractivity contribution in [1.82, 2.24) is 5.32 Å². The highest BCUT2D eigenvalue weighted by Gasteiger charge is 2.22. The summed E-state index contributed by atoms with van der Waals surface area (Å²) in [6.07, 6.45) is 0.626. The number of carbonyl (C=O) groups excluding carboxylic acids is 1. The molecule has 0 fully saturated rings. The van der Waals surface area contributed by atoms with E-state index >= 15 is 0 Å². The van der Waals surface area contributed by atoms with Crippen LogP contribution in [0, 0.1) is 17.2 Å². The van der Waals surface area contributed by atoms with Crippen LogP contribution in [0.4, 0.5) is 0 Å². The van der Waals surface area contributed by atoms with Crippen molar-refractivity contribution < 1.29 is 9.90 Å². The first-order valence-corrected chi connectivity index (χ1v) is 6.35. The van der Waals surface area contributed by atoms with E-state index in [4.69, 9.17) is 5.26 Å². The van der Waals surface area contributed by atoms with Crippen molar-refractivity contribution in [3.8, 4) is 6.07 Å². The van der Waals surface area contributed by atoms with E-state index in [1.54, 1.807) is 31.2 Å². The lowest BCUT2D eigenvalue weighted by Gasteiger charge is -2.25. The van der Waals surface area contributed by atoms with Crippen LogP contribution in [0.25, 0.3) is 0 Å². The summed E-state index contributed by atoms with van der Waals surface area (Å²) in [5.41, 5.74) is 0.0962. The fourth-order valence-corrected chi connectivity index (χ4v) is 2.02. The Kier molecular flexibility index (Phi) is 5.08. The second kappa shape index (κ2) is 6.35. The van der Waals surface area contributed by atoms with Gasteiger partial charge in [-0.25, -0.2) is 0 Å². The molecule has 0 aliphatic carbocycles. The van der Waals surface area contributed by atoms with E-state index in [2.05, 4.69) is 5.32 Å². The zero-order valence-electron chi connectivity index (χ0n) is 11.6. The van der Waals surface area contributed by atoms with Gasteiger partial charge in [0.1, 0.15) is 0 Å².